The van der Waals surface area contributed by atoms with Crippen molar-refractivity contribution in [3.05, 3.63) is 12.1 Å². The molecule has 0 aliphatic heterocycles. The lowest BCUT2D eigenvalue weighted by Crippen LogP contribution is -1.97. The van der Waals surface area contributed by atoms with Crippen molar-refractivity contribution in [2.75, 3.05) is 27.5 Å². The second kappa shape index (κ2) is 6.21. The van der Waals surface area contributed by atoms with Crippen LogP contribution in [0, 0.1) is 0 Å². The first-order valence-corrected chi connectivity index (χ1v) is 7.97. The maximum Gasteiger partial charge on any atom is 0.336 e. The second-order valence-electron chi connectivity index (χ2n) is 3.36. The number of ether oxygens (including phenoxy) is 3. The summed E-state index contributed by atoms with van der Waals surface area (Å²) in [6.45, 7) is -1.47. The van der Waals surface area contributed by atoms with E-state index in [2.05, 4.69) is 0 Å². The third kappa shape index (κ3) is 3.47. The summed E-state index contributed by atoms with van der Waals surface area (Å²) >= 11 is 5.74. The maximum absolute atomic E-state index is 11.7. The highest BCUT2D eigenvalue weighted by Gasteiger charge is 2.21. The lowest BCUT2D eigenvalue weighted by molar-refractivity contribution is 0.322. The van der Waals surface area contributed by atoms with Gasteiger partial charge in [0.2, 0.25) is 5.75 Å². The summed E-state index contributed by atoms with van der Waals surface area (Å²) in [6, 6.07) is 3.10. The van der Waals surface area contributed by atoms with E-state index >= 15 is 0 Å². The van der Waals surface area contributed by atoms with Gasteiger partial charge in [-0.3, -0.25) is 4.57 Å². The van der Waals surface area contributed by atoms with Crippen molar-refractivity contribution in [3.63, 3.8) is 0 Å². The Kier molecular flexibility index (Phi) is 5.17. The van der Waals surface area contributed by atoms with Crippen molar-refractivity contribution >= 4 is 18.0 Å². The van der Waals surface area contributed by atoms with Gasteiger partial charge in [-0.15, -0.1) is 0 Å². The lowest BCUT2D eigenvalue weighted by atomic mass is 10.2. The molecule has 0 aromatic heterocycles. The van der Waals surface area contributed by atoms with Crippen molar-refractivity contribution in [1.82, 2.24) is 0 Å². The Morgan fingerprint density at radius 3 is 1.94 bits per heavy atom. The molecule has 0 radical (unpaired) electrons. The molecular formula is C11H16ClO5P. The van der Waals surface area contributed by atoms with Crippen molar-refractivity contribution < 1.29 is 23.3 Å². The summed E-state index contributed by atoms with van der Waals surface area (Å²) in [6.07, 6.45) is 0.227. The summed E-state index contributed by atoms with van der Waals surface area (Å²) in [4.78, 5) is 0. The Hall–Kier alpha value is -1.06. The molecule has 0 saturated heterocycles. The van der Waals surface area contributed by atoms with Crippen LogP contribution in [0.2, 0.25) is 0 Å². The van der Waals surface area contributed by atoms with Gasteiger partial charge in [0.15, 0.2) is 11.5 Å². The molecule has 0 fully saturated rings. The highest BCUT2D eigenvalue weighted by molar-refractivity contribution is 7.85. The van der Waals surface area contributed by atoms with Crippen LogP contribution in [0.25, 0.3) is 0 Å². The van der Waals surface area contributed by atoms with Gasteiger partial charge in [0, 0.05) is 18.3 Å². The monoisotopic (exact) mass is 294 g/mol. The molecule has 0 bridgehead atoms. The van der Waals surface area contributed by atoms with Crippen LogP contribution in [-0.2, 0) is 4.57 Å². The maximum atomic E-state index is 11.7. The van der Waals surface area contributed by atoms with Crippen LogP contribution < -0.4 is 18.7 Å². The smallest absolute Gasteiger partial charge is 0.336 e. The number of halogens is 1. The van der Waals surface area contributed by atoms with Crippen molar-refractivity contribution in [2.45, 2.75) is 6.92 Å². The third-order valence-electron chi connectivity index (χ3n) is 2.26. The normalized spacial score (nSPS) is 13.6. The zero-order valence-electron chi connectivity index (χ0n) is 10.7. The second-order valence-corrected chi connectivity index (χ2v) is 6.90. The molecule has 1 atom stereocenters. The number of hydrogen-bond acceptors (Lipinski definition) is 5. The minimum Gasteiger partial charge on any atom is -0.493 e. The molecule has 1 aromatic rings. The predicted octanol–water partition coefficient (Wildman–Crippen LogP) is 3.54. The number of rotatable bonds is 6. The minimum absolute atomic E-state index is 0.227. The predicted molar refractivity (Wildman–Crippen MR) is 70.7 cm³/mol. The summed E-state index contributed by atoms with van der Waals surface area (Å²) in [5, 5.41) is 0. The fourth-order valence-electron chi connectivity index (χ4n) is 1.33. The van der Waals surface area contributed by atoms with Gasteiger partial charge >= 0.3 is 6.72 Å². The first-order chi connectivity index (χ1) is 8.47. The highest BCUT2D eigenvalue weighted by Crippen LogP contribution is 2.53. The number of benzene rings is 1. The summed E-state index contributed by atoms with van der Waals surface area (Å²) in [5.41, 5.74) is 0. The van der Waals surface area contributed by atoms with Crippen LogP contribution in [0.3, 0.4) is 0 Å². The highest BCUT2D eigenvalue weighted by atomic mass is 35.7. The molecule has 0 heterocycles. The van der Waals surface area contributed by atoms with E-state index in [9.17, 15) is 4.57 Å². The van der Waals surface area contributed by atoms with Gasteiger partial charge in [0.25, 0.3) is 0 Å². The topological polar surface area (TPSA) is 54.0 Å². The largest absolute Gasteiger partial charge is 0.493 e. The van der Waals surface area contributed by atoms with Crippen LogP contribution in [0.4, 0.5) is 0 Å². The Morgan fingerprint density at radius 1 is 1.11 bits per heavy atom. The van der Waals surface area contributed by atoms with Crippen molar-refractivity contribution in [1.29, 1.82) is 0 Å². The van der Waals surface area contributed by atoms with Crippen molar-refractivity contribution in [3.8, 4) is 23.0 Å². The van der Waals surface area contributed by atoms with Gasteiger partial charge in [-0.25, -0.2) is 0 Å². The van der Waals surface area contributed by atoms with E-state index in [0.717, 1.165) is 0 Å². The molecule has 0 aliphatic rings. The van der Waals surface area contributed by atoms with E-state index < -0.39 is 6.72 Å². The molecule has 0 amide bonds. The van der Waals surface area contributed by atoms with Crippen LogP contribution in [0.5, 0.6) is 23.0 Å². The molecule has 0 aliphatic carbocycles. The Bertz CT molecular complexity index is 438. The molecule has 1 rings (SSSR count). The van der Waals surface area contributed by atoms with Gasteiger partial charge in [-0.2, -0.15) is 0 Å². The molecular weight excluding hydrogens is 279 g/mol. The van der Waals surface area contributed by atoms with Gasteiger partial charge in [-0.1, -0.05) is 6.92 Å². The molecule has 102 valence electrons. The van der Waals surface area contributed by atoms with Crippen molar-refractivity contribution in [2.24, 2.45) is 0 Å². The quantitative estimate of drug-likeness (QED) is 0.751. The average molecular weight is 295 g/mol. The fraction of sp³-hybridized carbons (Fsp3) is 0.455. The molecule has 0 saturated carbocycles. The van der Waals surface area contributed by atoms with Crippen LogP contribution in [-0.4, -0.2) is 27.5 Å². The van der Waals surface area contributed by atoms with E-state index in [1.165, 1.54) is 21.3 Å². The van der Waals surface area contributed by atoms with Gasteiger partial charge in [0.1, 0.15) is 5.75 Å². The fourth-order valence-corrected chi connectivity index (χ4v) is 2.12. The SMILES string of the molecule is CCP(=O)(Cl)Oc1cc(OC)c(OC)c(OC)c1. The Balaban J connectivity index is 3.19. The first kappa shape index (κ1) is 15.0. The van der Waals surface area contributed by atoms with Gasteiger partial charge in [-0.05, 0) is 11.2 Å². The van der Waals surface area contributed by atoms with Crippen LogP contribution in [0.15, 0.2) is 12.1 Å². The van der Waals surface area contributed by atoms with E-state index in [0.29, 0.717) is 23.0 Å². The Morgan fingerprint density at radius 2 is 1.61 bits per heavy atom. The van der Waals surface area contributed by atoms with E-state index in [1.807, 2.05) is 0 Å². The van der Waals surface area contributed by atoms with Gasteiger partial charge in [0.05, 0.1) is 21.3 Å². The standard InChI is InChI=1S/C11H16ClO5P/c1-5-18(12,13)17-8-6-9(14-2)11(16-4)10(7-8)15-3/h6-7H,5H2,1-4H3. The summed E-state index contributed by atoms with van der Waals surface area (Å²) in [5.74, 6) is 1.58. The summed E-state index contributed by atoms with van der Waals surface area (Å²) < 4.78 is 32.4. The molecule has 0 spiro atoms. The zero-order chi connectivity index (χ0) is 13.8. The zero-order valence-corrected chi connectivity index (χ0v) is 12.4. The molecule has 18 heavy (non-hydrogen) atoms. The molecule has 5 nitrogen and oxygen atoms in total. The summed E-state index contributed by atoms with van der Waals surface area (Å²) in [7, 11) is 4.47. The van der Waals surface area contributed by atoms with Gasteiger partial charge < -0.3 is 18.7 Å². The Labute approximate surface area is 111 Å². The molecule has 1 aromatic carbocycles. The molecule has 0 N–H and O–H groups in total. The molecule has 7 heteroatoms. The third-order valence-corrected chi connectivity index (χ3v) is 4.42. The average Bonchev–Trinajstić information content (AvgIpc) is 2.37. The van der Waals surface area contributed by atoms with E-state index in [-0.39, 0.29) is 6.16 Å². The number of methoxy groups -OCH3 is 3. The van der Waals surface area contributed by atoms with Crippen LogP contribution in [0.1, 0.15) is 6.92 Å². The number of hydrogen-bond donors (Lipinski definition) is 0. The van der Waals surface area contributed by atoms with E-state index in [4.69, 9.17) is 30.0 Å². The minimum atomic E-state index is -3.16. The van der Waals surface area contributed by atoms with E-state index in [1.54, 1.807) is 19.1 Å². The molecule has 1 unspecified atom stereocenters. The van der Waals surface area contributed by atoms with Crippen LogP contribution >= 0.6 is 18.0 Å². The lowest BCUT2D eigenvalue weighted by Gasteiger charge is -2.16. The first-order valence-electron chi connectivity index (χ1n) is 5.25.